The number of hydrogen-bond acceptors (Lipinski definition) is 4. The van der Waals surface area contributed by atoms with Gasteiger partial charge in [0.05, 0.1) is 5.69 Å². The number of aromatic amines is 2. The molecule has 0 spiro atoms. The van der Waals surface area contributed by atoms with Gasteiger partial charge >= 0.3 is 16.5 Å². The molecular weight excluding hydrogens is 479 g/mol. The Bertz CT molecular complexity index is 1220. The average molecular weight is 496 g/mol. The Hall–Kier alpha value is -3.13. The van der Waals surface area contributed by atoms with Crippen LogP contribution < -0.4 is 0 Å². The number of aryl methyl sites for hydroxylation is 2. The van der Waals surface area contributed by atoms with Crippen LogP contribution in [-0.4, -0.2) is 36.8 Å². The van der Waals surface area contributed by atoms with Crippen molar-refractivity contribution in [3.05, 3.63) is 71.0 Å². The van der Waals surface area contributed by atoms with Crippen molar-refractivity contribution in [3.63, 3.8) is 0 Å². The van der Waals surface area contributed by atoms with Gasteiger partial charge in [-0.15, -0.1) is 0 Å². The highest BCUT2D eigenvalue weighted by Gasteiger charge is 2.07. The van der Waals surface area contributed by atoms with Crippen molar-refractivity contribution in [1.82, 2.24) is 9.97 Å². The van der Waals surface area contributed by atoms with Crippen molar-refractivity contribution in [3.8, 4) is 0 Å². The SMILES string of the molecule is Cc1ccc2[nH]c(C(=O)Cl)cc2c1.Cc1ccc2[nH]c(C(=O)O)cc2c1.O=C(Cl)C(=O)Cl. The van der Waals surface area contributed by atoms with E-state index in [0.717, 1.165) is 27.4 Å². The molecule has 0 amide bonds. The quantitative estimate of drug-likeness (QED) is 0.254. The summed E-state index contributed by atoms with van der Waals surface area (Å²) in [7, 11) is 0. The van der Waals surface area contributed by atoms with E-state index in [-0.39, 0.29) is 5.69 Å². The number of hydrogen-bond donors (Lipinski definition) is 3. The summed E-state index contributed by atoms with van der Waals surface area (Å²) in [5.41, 5.74) is 4.78. The number of nitrogens with one attached hydrogen (secondary N) is 2. The summed E-state index contributed by atoms with van der Waals surface area (Å²) in [4.78, 5) is 46.1. The van der Waals surface area contributed by atoms with E-state index < -0.39 is 21.7 Å². The summed E-state index contributed by atoms with van der Waals surface area (Å²) >= 11 is 14.3. The second kappa shape index (κ2) is 10.9. The number of aromatic carboxylic acids is 1. The molecule has 2 heterocycles. The Kier molecular flexibility index (Phi) is 8.60. The maximum atomic E-state index is 10.8. The smallest absolute Gasteiger partial charge is 0.352 e. The summed E-state index contributed by atoms with van der Waals surface area (Å²) in [6.07, 6.45) is 0. The number of carbonyl (C=O) groups is 4. The normalized spacial score (nSPS) is 10.0. The van der Waals surface area contributed by atoms with Gasteiger partial charge in [-0.2, -0.15) is 0 Å². The lowest BCUT2D eigenvalue weighted by atomic mass is 10.2. The molecule has 4 aromatic rings. The van der Waals surface area contributed by atoms with Gasteiger partial charge in [0.2, 0.25) is 0 Å². The largest absolute Gasteiger partial charge is 0.477 e. The predicted octanol–water partition coefficient (Wildman–Crippen LogP) is 5.55. The zero-order valence-electron chi connectivity index (χ0n) is 16.8. The molecule has 0 saturated carbocycles. The number of carboxylic acid groups (broad SMARTS) is 1. The average Bonchev–Trinajstić information content (AvgIpc) is 3.32. The first-order valence-electron chi connectivity index (χ1n) is 8.99. The summed E-state index contributed by atoms with van der Waals surface area (Å²) in [5, 5.41) is 7.95. The van der Waals surface area contributed by atoms with Crippen LogP contribution in [-0.2, 0) is 9.59 Å². The van der Waals surface area contributed by atoms with Crippen molar-refractivity contribution in [2.24, 2.45) is 0 Å². The zero-order valence-corrected chi connectivity index (χ0v) is 19.1. The van der Waals surface area contributed by atoms with E-state index in [4.69, 9.17) is 16.7 Å². The molecule has 0 unspecified atom stereocenters. The maximum Gasteiger partial charge on any atom is 0.352 e. The molecule has 0 saturated heterocycles. The number of carboxylic acids is 1. The topological polar surface area (TPSA) is 120 Å². The highest BCUT2D eigenvalue weighted by molar-refractivity contribution is 6.97. The molecule has 0 atom stereocenters. The number of fused-ring (bicyclic) bond motifs is 2. The number of carbonyl (C=O) groups excluding carboxylic acids is 3. The molecule has 4 rings (SSSR count). The van der Waals surface area contributed by atoms with Gasteiger partial charge < -0.3 is 15.1 Å². The molecule has 166 valence electrons. The lowest BCUT2D eigenvalue weighted by molar-refractivity contribution is -0.127. The standard InChI is InChI=1S/C10H8ClNO.C10H9NO2.C2Cl2O2/c1-6-2-3-8-7(4-6)5-9(12-8)10(11)13;1-6-2-3-8-7(4-6)5-9(11-8)10(12)13;3-1(5)2(4)6/h2-5,12H,1H3;2-5,11H,1H3,(H,12,13);. The van der Waals surface area contributed by atoms with Crippen LogP contribution in [0.2, 0.25) is 0 Å². The first-order chi connectivity index (χ1) is 15.0. The van der Waals surface area contributed by atoms with Crippen LogP contribution in [0, 0.1) is 13.8 Å². The first kappa shape index (κ1) is 25.1. The van der Waals surface area contributed by atoms with Crippen molar-refractivity contribution in [2.45, 2.75) is 13.8 Å². The minimum absolute atomic E-state index is 0.237. The molecule has 2 aromatic carbocycles. The minimum atomic E-state index is -1.14. The molecule has 10 heteroatoms. The van der Waals surface area contributed by atoms with Gasteiger partial charge in [-0.05, 0) is 85.0 Å². The van der Waals surface area contributed by atoms with E-state index in [1.807, 2.05) is 50.2 Å². The zero-order chi connectivity index (χ0) is 24.0. The van der Waals surface area contributed by atoms with Crippen molar-refractivity contribution < 1.29 is 24.3 Å². The third-order valence-electron chi connectivity index (χ3n) is 4.15. The van der Waals surface area contributed by atoms with Crippen LogP contribution in [0.1, 0.15) is 32.1 Å². The molecular formula is C22H17Cl3N2O5. The van der Waals surface area contributed by atoms with Crippen LogP contribution in [0.4, 0.5) is 0 Å². The molecule has 0 aliphatic heterocycles. The number of H-pyrrole nitrogens is 2. The van der Waals surface area contributed by atoms with Crippen LogP contribution in [0.25, 0.3) is 21.8 Å². The molecule has 3 N–H and O–H groups in total. The molecule has 0 fully saturated rings. The molecule has 0 radical (unpaired) electrons. The maximum absolute atomic E-state index is 10.8. The highest BCUT2D eigenvalue weighted by atomic mass is 35.5. The lowest BCUT2D eigenvalue weighted by Crippen LogP contribution is -1.94. The molecule has 7 nitrogen and oxygen atoms in total. The Morgan fingerprint density at radius 1 is 0.688 bits per heavy atom. The number of benzene rings is 2. The monoisotopic (exact) mass is 494 g/mol. The van der Waals surface area contributed by atoms with E-state index in [0.29, 0.717) is 5.69 Å². The third kappa shape index (κ3) is 6.95. The van der Waals surface area contributed by atoms with Crippen LogP contribution in [0.3, 0.4) is 0 Å². The summed E-state index contributed by atoms with van der Waals surface area (Å²) in [6, 6.07) is 15.1. The van der Waals surface area contributed by atoms with Gasteiger partial charge in [0, 0.05) is 21.8 Å². The summed E-state index contributed by atoms with van der Waals surface area (Å²) < 4.78 is 0. The Labute approximate surface area is 197 Å². The molecule has 0 aliphatic rings. The van der Waals surface area contributed by atoms with E-state index in [1.165, 1.54) is 5.56 Å². The van der Waals surface area contributed by atoms with Gasteiger partial charge in [-0.25, -0.2) is 4.79 Å². The van der Waals surface area contributed by atoms with E-state index >= 15 is 0 Å². The van der Waals surface area contributed by atoms with Gasteiger partial charge in [0.15, 0.2) is 0 Å². The van der Waals surface area contributed by atoms with E-state index in [2.05, 4.69) is 33.2 Å². The fourth-order valence-corrected chi connectivity index (χ4v) is 2.83. The minimum Gasteiger partial charge on any atom is -0.477 e. The summed E-state index contributed by atoms with van der Waals surface area (Å²) in [5.74, 6) is -0.922. The Morgan fingerprint density at radius 2 is 1.09 bits per heavy atom. The molecule has 32 heavy (non-hydrogen) atoms. The van der Waals surface area contributed by atoms with Gasteiger partial charge in [0.1, 0.15) is 5.69 Å². The van der Waals surface area contributed by atoms with E-state index in [1.54, 1.807) is 12.1 Å². The number of aromatic nitrogens is 2. The second-order valence-electron chi connectivity index (χ2n) is 6.67. The molecule has 0 aliphatic carbocycles. The van der Waals surface area contributed by atoms with Gasteiger partial charge in [0.25, 0.3) is 5.24 Å². The van der Waals surface area contributed by atoms with Crippen LogP contribution in [0.5, 0.6) is 0 Å². The fraction of sp³-hybridized carbons (Fsp3) is 0.0909. The summed E-state index contributed by atoms with van der Waals surface area (Å²) in [6.45, 7) is 3.99. The first-order valence-corrected chi connectivity index (χ1v) is 10.1. The molecule has 0 bridgehead atoms. The third-order valence-corrected chi connectivity index (χ3v) is 4.79. The van der Waals surface area contributed by atoms with Crippen molar-refractivity contribution in [1.29, 1.82) is 0 Å². The van der Waals surface area contributed by atoms with Crippen LogP contribution in [0.15, 0.2) is 48.5 Å². The van der Waals surface area contributed by atoms with Crippen molar-refractivity contribution in [2.75, 3.05) is 0 Å². The Balaban J connectivity index is 0.000000183. The highest BCUT2D eigenvalue weighted by Crippen LogP contribution is 2.18. The fourth-order valence-electron chi connectivity index (χ4n) is 2.73. The lowest BCUT2D eigenvalue weighted by Gasteiger charge is -1.90. The predicted molar refractivity (Wildman–Crippen MR) is 125 cm³/mol. The number of halogens is 3. The number of rotatable bonds is 3. The second-order valence-corrected chi connectivity index (χ2v) is 7.70. The van der Waals surface area contributed by atoms with Crippen LogP contribution >= 0.6 is 34.8 Å². The van der Waals surface area contributed by atoms with Gasteiger partial charge in [-0.1, -0.05) is 23.3 Å². The van der Waals surface area contributed by atoms with Gasteiger partial charge in [-0.3, -0.25) is 14.4 Å². The Morgan fingerprint density at radius 3 is 1.47 bits per heavy atom. The molecule has 2 aromatic heterocycles. The van der Waals surface area contributed by atoms with Crippen molar-refractivity contribution >= 4 is 78.3 Å². The van der Waals surface area contributed by atoms with E-state index in [9.17, 15) is 19.2 Å².